The quantitative estimate of drug-likeness (QED) is 0.636. The molecule has 27 heavy (non-hydrogen) atoms. The molecule has 5 nitrogen and oxygen atoms in total. The van der Waals surface area contributed by atoms with Gasteiger partial charge in [0.25, 0.3) is 0 Å². The molecule has 1 amide bonds. The molecule has 0 saturated carbocycles. The molecule has 2 aromatic rings. The summed E-state index contributed by atoms with van der Waals surface area (Å²) in [6.45, 7) is 4.50. The van der Waals surface area contributed by atoms with Crippen LogP contribution >= 0.6 is 23.2 Å². The molecule has 0 heterocycles. The second-order valence-electron chi connectivity index (χ2n) is 5.90. The topological polar surface area (TPSA) is 57.7 Å². The Kier molecular flexibility index (Phi) is 7.68. The average molecular weight is 429 g/mol. The highest BCUT2D eigenvalue weighted by molar-refractivity contribution is 7.89. The second kappa shape index (κ2) is 9.55. The summed E-state index contributed by atoms with van der Waals surface area (Å²) in [6, 6.07) is 13.4. The molecule has 146 valence electrons. The van der Waals surface area contributed by atoms with Crippen molar-refractivity contribution < 1.29 is 13.2 Å². The molecule has 0 N–H and O–H groups in total. The van der Waals surface area contributed by atoms with Crippen LogP contribution in [0.4, 0.5) is 0 Å². The Morgan fingerprint density at radius 3 is 2.22 bits per heavy atom. The summed E-state index contributed by atoms with van der Waals surface area (Å²) >= 11 is 12.1. The van der Waals surface area contributed by atoms with Gasteiger partial charge in [0.2, 0.25) is 15.9 Å². The van der Waals surface area contributed by atoms with Gasteiger partial charge in [-0.3, -0.25) is 4.79 Å². The Hall–Kier alpha value is -1.60. The minimum atomic E-state index is -4.03. The lowest BCUT2D eigenvalue weighted by atomic mass is 10.2. The van der Waals surface area contributed by atoms with Crippen LogP contribution < -0.4 is 0 Å². The Bertz CT molecular complexity index is 885. The summed E-state index contributed by atoms with van der Waals surface area (Å²) in [6.07, 6.45) is 0. The number of hydrogen-bond donors (Lipinski definition) is 0. The van der Waals surface area contributed by atoms with E-state index in [0.717, 1.165) is 9.87 Å². The first-order valence-corrected chi connectivity index (χ1v) is 10.8. The minimum Gasteiger partial charge on any atom is -0.342 e. The third-order valence-corrected chi connectivity index (χ3v) is 6.65. The standard InChI is InChI=1S/C19H22Cl2N2O3S/c1-3-22(4-2)19(24)14-23(13-15-8-6-5-7-9-15)27(25,26)18-12-16(20)10-11-17(18)21/h5-12H,3-4,13-14H2,1-2H3. The SMILES string of the molecule is CCN(CC)C(=O)CN(Cc1ccccc1)S(=O)(=O)c1cc(Cl)ccc1Cl. The third-order valence-electron chi connectivity index (χ3n) is 4.14. The zero-order valence-corrected chi connectivity index (χ0v) is 17.6. The Labute approximate surface area is 170 Å². The van der Waals surface area contributed by atoms with E-state index in [1.807, 2.05) is 44.2 Å². The summed E-state index contributed by atoms with van der Waals surface area (Å²) < 4.78 is 27.7. The van der Waals surface area contributed by atoms with Gasteiger partial charge in [0.05, 0.1) is 11.6 Å². The molecule has 0 fully saturated rings. The normalized spacial score (nSPS) is 11.6. The monoisotopic (exact) mass is 428 g/mol. The molecular formula is C19H22Cl2N2O3S. The fraction of sp³-hybridized carbons (Fsp3) is 0.316. The van der Waals surface area contributed by atoms with E-state index in [2.05, 4.69) is 0 Å². The predicted octanol–water partition coefficient (Wildman–Crippen LogP) is 4.05. The molecule has 2 aromatic carbocycles. The molecule has 0 aliphatic rings. The third kappa shape index (κ3) is 5.45. The smallest absolute Gasteiger partial charge is 0.245 e. The summed E-state index contributed by atoms with van der Waals surface area (Å²) in [7, 11) is -4.03. The number of carbonyl (C=O) groups is 1. The molecule has 0 saturated heterocycles. The van der Waals surface area contributed by atoms with Crippen molar-refractivity contribution in [1.29, 1.82) is 0 Å². The molecule has 0 radical (unpaired) electrons. The van der Waals surface area contributed by atoms with Gasteiger partial charge in [-0.05, 0) is 37.6 Å². The van der Waals surface area contributed by atoms with Crippen molar-refractivity contribution in [3.05, 3.63) is 64.1 Å². The van der Waals surface area contributed by atoms with E-state index >= 15 is 0 Å². The molecular weight excluding hydrogens is 407 g/mol. The Balaban J connectivity index is 2.44. The van der Waals surface area contributed by atoms with Crippen LogP contribution in [0.3, 0.4) is 0 Å². The van der Waals surface area contributed by atoms with Gasteiger partial charge in [-0.1, -0.05) is 53.5 Å². The maximum Gasteiger partial charge on any atom is 0.245 e. The van der Waals surface area contributed by atoms with E-state index in [1.54, 1.807) is 4.90 Å². The Morgan fingerprint density at radius 1 is 1.00 bits per heavy atom. The zero-order valence-electron chi connectivity index (χ0n) is 15.2. The number of likely N-dealkylation sites (N-methyl/N-ethyl adjacent to an activating group) is 1. The van der Waals surface area contributed by atoms with Crippen molar-refractivity contribution in [2.75, 3.05) is 19.6 Å². The molecule has 2 rings (SSSR count). The van der Waals surface area contributed by atoms with Crippen LogP contribution in [0.15, 0.2) is 53.4 Å². The first-order valence-electron chi connectivity index (χ1n) is 8.56. The van der Waals surface area contributed by atoms with Gasteiger partial charge in [-0.15, -0.1) is 0 Å². The van der Waals surface area contributed by atoms with E-state index in [9.17, 15) is 13.2 Å². The average Bonchev–Trinajstić information content (AvgIpc) is 2.65. The molecule has 0 atom stereocenters. The van der Waals surface area contributed by atoms with Crippen LogP contribution in [0.25, 0.3) is 0 Å². The zero-order chi connectivity index (χ0) is 20.0. The number of nitrogens with zero attached hydrogens (tertiary/aromatic N) is 2. The lowest BCUT2D eigenvalue weighted by Crippen LogP contribution is -2.42. The van der Waals surface area contributed by atoms with Crippen molar-refractivity contribution in [3.63, 3.8) is 0 Å². The molecule has 0 aliphatic heterocycles. The van der Waals surface area contributed by atoms with Crippen LogP contribution in [0.1, 0.15) is 19.4 Å². The van der Waals surface area contributed by atoms with E-state index in [1.165, 1.54) is 18.2 Å². The van der Waals surface area contributed by atoms with Crippen LogP contribution in [0, 0.1) is 0 Å². The summed E-state index contributed by atoms with van der Waals surface area (Å²) in [5, 5.41) is 0.320. The highest BCUT2D eigenvalue weighted by atomic mass is 35.5. The first kappa shape index (κ1) is 21.7. The van der Waals surface area contributed by atoms with Crippen LogP contribution in [-0.2, 0) is 21.4 Å². The van der Waals surface area contributed by atoms with Crippen LogP contribution in [-0.4, -0.2) is 43.2 Å². The maximum atomic E-state index is 13.3. The fourth-order valence-electron chi connectivity index (χ4n) is 2.65. The van der Waals surface area contributed by atoms with Crippen molar-refractivity contribution >= 4 is 39.1 Å². The maximum absolute atomic E-state index is 13.3. The van der Waals surface area contributed by atoms with Gasteiger partial charge in [-0.2, -0.15) is 4.31 Å². The largest absolute Gasteiger partial charge is 0.342 e. The number of rotatable bonds is 8. The van der Waals surface area contributed by atoms with E-state index in [-0.39, 0.29) is 33.9 Å². The van der Waals surface area contributed by atoms with Crippen LogP contribution in [0.2, 0.25) is 10.0 Å². The van der Waals surface area contributed by atoms with Crippen molar-refractivity contribution in [1.82, 2.24) is 9.21 Å². The van der Waals surface area contributed by atoms with Crippen molar-refractivity contribution in [2.24, 2.45) is 0 Å². The number of sulfonamides is 1. The van der Waals surface area contributed by atoms with Crippen LogP contribution in [0.5, 0.6) is 0 Å². The van der Waals surface area contributed by atoms with Gasteiger partial charge in [0, 0.05) is 24.7 Å². The number of amides is 1. The van der Waals surface area contributed by atoms with Gasteiger partial charge >= 0.3 is 0 Å². The molecule has 0 aromatic heterocycles. The van der Waals surface area contributed by atoms with Crippen molar-refractivity contribution in [2.45, 2.75) is 25.3 Å². The molecule has 0 spiro atoms. The number of halogens is 2. The Morgan fingerprint density at radius 2 is 1.63 bits per heavy atom. The van der Waals surface area contributed by atoms with E-state index < -0.39 is 10.0 Å². The molecule has 0 aliphatic carbocycles. The number of carbonyl (C=O) groups excluding carboxylic acids is 1. The van der Waals surface area contributed by atoms with Gasteiger partial charge in [-0.25, -0.2) is 8.42 Å². The van der Waals surface area contributed by atoms with Gasteiger partial charge < -0.3 is 4.90 Å². The lowest BCUT2D eigenvalue weighted by molar-refractivity contribution is -0.131. The summed E-state index contributed by atoms with van der Waals surface area (Å²) in [4.78, 5) is 14.1. The first-order chi connectivity index (χ1) is 12.8. The number of hydrogen-bond acceptors (Lipinski definition) is 3. The van der Waals surface area contributed by atoms with Crippen molar-refractivity contribution in [3.8, 4) is 0 Å². The molecule has 0 bridgehead atoms. The summed E-state index contributed by atoms with van der Waals surface area (Å²) in [5.74, 6) is -0.266. The highest BCUT2D eigenvalue weighted by Gasteiger charge is 2.30. The van der Waals surface area contributed by atoms with E-state index in [0.29, 0.717) is 13.1 Å². The summed E-state index contributed by atoms with van der Waals surface area (Å²) in [5.41, 5.74) is 0.770. The molecule has 0 unspecified atom stereocenters. The molecule has 8 heteroatoms. The van der Waals surface area contributed by atoms with Gasteiger partial charge in [0.1, 0.15) is 4.90 Å². The number of benzene rings is 2. The second-order valence-corrected chi connectivity index (χ2v) is 8.65. The van der Waals surface area contributed by atoms with Gasteiger partial charge in [0.15, 0.2) is 0 Å². The lowest BCUT2D eigenvalue weighted by Gasteiger charge is -2.26. The highest BCUT2D eigenvalue weighted by Crippen LogP contribution is 2.28. The predicted molar refractivity (Wildman–Crippen MR) is 108 cm³/mol. The van der Waals surface area contributed by atoms with E-state index in [4.69, 9.17) is 23.2 Å². The fourth-order valence-corrected chi connectivity index (χ4v) is 4.77. The minimum absolute atomic E-state index is 0.0546.